The smallest absolute Gasteiger partial charge is 0.261 e. The van der Waals surface area contributed by atoms with Gasteiger partial charge in [0.1, 0.15) is 23.4 Å². The fraction of sp³-hybridized carbons (Fsp3) is 0.133. The van der Waals surface area contributed by atoms with Crippen LogP contribution in [0.25, 0.3) is 0 Å². The SMILES string of the molecule is CNC(=O)C(c1ccccc1)N(Cc1ccc(F)cc1)C(=O)COc1ccc(S(=O)(=O)Nc2ccc(F)cc2)cc1. The van der Waals surface area contributed by atoms with E-state index < -0.39 is 46.1 Å². The van der Waals surface area contributed by atoms with Gasteiger partial charge >= 0.3 is 0 Å². The first kappa shape index (κ1) is 29.2. The lowest BCUT2D eigenvalue weighted by atomic mass is 10.0. The summed E-state index contributed by atoms with van der Waals surface area (Å²) in [5.41, 5.74) is 1.38. The summed E-state index contributed by atoms with van der Waals surface area (Å²) in [6.07, 6.45) is 0. The Morgan fingerprint density at radius 3 is 2.00 bits per heavy atom. The fourth-order valence-electron chi connectivity index (χ4n) is 4.03. The van der Waals surface area contributed by atoms with Crippen LogP contribution in [0.3, 0.4) is 0 Å². The van der Waals surface area contributed by atoms with E-state index >= 15 is 0 Å². The second-order valence-corrected chi connectivity index (χ2v) is 10.6. The number of sulfonamides is 1. The van der Waals surface area contributed by atoms with Gasteiger partial charge in [0.2, 0.25) is 5.91 Å². The van der Waals surface area contributed by atoms with Crippen LogP contribution >= 0.6 is 0 Å². The van der Waals surface area contributed by atoms with Crippen molar-refractivity contribution < 1.29 is 31.5 Å². The normalized spacial score (nSPS) is 11.8. The van der Waals surface area contributed by atoms with Crippen molar-refractivity contribution in [2.24, 2.45) is 0 Å². The second kappa shape index (κ2) is 13.1. The van der Waals surface area contributed by atoms with E-state index in [1.807, 2.05) is 0 Å². The number of likely N-dealkylation sites (N-methyl/N-ethyl adjacent to an activating group) is 1. The lowest BCUT2D eigenvalue weighted by Crippen LogP contribution is -2.44. The molecule has 0 aliphatic carbocycles. The van der Waals surface area contributed by atoms with Gasteiger partial charge in [-0.3, -0.25) is 14.3 Å². The summed E-state index contributed by atoms with van der Waals surface area (Å²) < 4.78 is 60.0. The molecule has 0 fully saturated rings. The average molecular weight is 580 g/mol. The number of hydrogen-bond acceptors (Lipinski definition) is 5. The number of nitrogens with one attached hydrogen (secondary N) is 2. The number of nitrogens with zero attached hydrogens (tertiary/aromatic N) is 1. The zero-order valence-electron chi connectivity index (χ0n) is 22.0. The highest BCUT2D eigenvalue weighted by Gasteiger charge is 2.31. The van der Waals surface area contributed by atoms with Gasteiger partial charge in [-0.1, -0.05) is 42.5 Å². The van der Waals surface area contributed by atoms with Gasteiger partial charge in [0.15, 0.2) is 6.61 Å². The van der Waals surface area contributed by atoms with Gasteiger partial charge < -0.3 is 15.0 Å². The Kier molecular flexibility index (Phi) is 9.30. The monoisotopic (exact) mass is 579 g/mol. The number of anilines is 1. The van der Waals surface area contributed by atoms with Crippen LogP contribution in [0.2, 0.25) is 0 Å². The molecule has 0 saturated heterocycles. The van der Waals surface area contributed by atoms with Crippen LogP contribution in [0.1, 0.15) is 17.2 Å². The van der Waals surface area contributed by atoms with Gasteiger partial charge in [0.05, 0.1) is 4.90 Å². The molecular formula is C30H27F2N3O5S. The van der Waals surface area contributed by atoms with E-state index in [1.54, 1.807) is 30.3 Å². The molecule has 4 aromatic carbocycles. The number of benzene rings is 4. The van der Waals surface area contributed by atoms with Crippen LogP contribution in [0, 0.1) is 11.6 Å². The summed E-state index contributed by atoms with van der Waals surface area (Å²) in [5.74, 6) is -1.65. The number of hydrogen-bond donors (Lipinski definition) is 2. The van der Waals surface area contributed by atoms with E-state index in [2.05, 4.69) is 10.0 Å². The van der Waals surface area contributed by atoms with E-state index in [-0.39, 0.29) is 22.9 Å². The third-order valence-electron chi connectivity index (χ3n) is 6.10. The number of carbonyl (C=O) groups is 2. The lowest BCUT2D eigenvalue weighted by Gasteiger charge is -2.31. The molecule has 0 radical (unpaired) electrons. The van der Waals surface area contributed by atoms with E-state index in [0.29, 0.717) is 11.1 Å². The van der Waals surface area contributed by atoms with Crippen molar-refractivity contribution in [2.45, 2.75) is 17.5 Å². The standard InChI is InChI=1S/C30H27F2N3O5S/c1-33-30(37)29(22-5-3-2-4-6-22)35(19-21-7-9-23(31)10-8-21)28(36)20-40-26-15-17-27(18-16-26)41(38,39)34-25-13-11-24(32)12-14-25/h2-18,29,34H,19-20H2,1H3,(H,33,37). The second-order valence-electron chi connectivity index (χ2n) is 8.95. The number of rotatable bonds is 11. The van der Waals surface area contributed by atoms with Gasteiger partial charge in [-0.05, 0) is 71.8 Å². The fourth-order valence-corrected chi connectivity index (χ4v) is 5.09. The average Bonchev–Trinajstić information content (AvgIpc) is 2.98. The Balaban J connectivity index is 1.51. The Morgan fingerprint density at radius 1 is 0.829 bits per heavy atom. The topological polar surface area (TPSA) is 105 Å². The zero-order chi connectivity index (χ0) is 29.4. The molecule has 0 aliphatic rings. The predicted octanol–water partition coefficient (Wildman–Crippen LogP) is 4.66. The highest BCUT2D eigenvalue weighted by molar-refractivity contribution is 7.92. The highest BCUT2D eigenvalue weighted by Crippen LogP contribution is 2.25. The van der Waals surface area contributed by atoms with E-state index in [1.165, 1.54) is 72.6 Å². The van der Waals surface area contributed by atoms with Crippen molar-refractivity contribution in [2.75, 3.05) is 18.4 Å². The number of amides is 2. The summed E-state index contributed by atoms with van der Waals surface area (Å²) in [7, 11) is -2.49. The lowest BCUT2D eigenvalue weighted by molar-refractivity contribution is -0.143. The van der Waals surface area contributed by atoms with Crippen LogP contribution < -0.4 is 14.8 Å². The molecule has 2 N–H and O–H groups in total. The molecule has 1 atom stereocenters. The summed E-state index contributed by atoms with van der Waals surface area (Å²) in [6, 6.07) is 23.6. The molecule has 1 unspecified atom stereocenters. The molecule has 0 spiro atoms. The van der Waals surface area contributed by atoms with Crippen molar-refractivity contribution in [3.8, 4) is 5.75 Å². The summed E-state index contributed by atoms with van der Waals surface area (Å²) in [4.78, 5) is 27.7. The van der Waals surface area contributed by atoms with Crippen LogP contribution in [0.4, 0.5) is 14.5 Å². The highest BCUT2D eigenvalue weighted by atomic mass is 32.2. The Bertz CT molecular complexity index is 1580. The maximum atomic E-state index is 13.5. The van der Waals surface area contributed by atoms with Gasteiger partial charge in [0.25, 0.3) is 15.9 Å². The van der Waals surface area contributed by atoms with Crippen molar-refractivity contribution in [3.63, 3.8) is 0 Å². The summed E-state index contributed by atoms with van der Waals surface area (Å²) in [6.45, 7) is -0.455. The minimum absolute atomic E-state index is 0.00168. The van der Waals surface area contributed by atoms with E-state index in [0.717, 1.165) is 12.1 Å². The zero-order valence-corrected chi connectivity index (χ0v) is 22.8. The maximum absolute atomic E-state index is 13.5. The molecule has 0 aliphatic heterocycles. The van der Waals surface area contributed by atoms with Crippen LogP contribution in [0.15, 0.2) is 108 Å². The molecule has 0 saturated carbocycles. The molecule has 2 amide bonds. The first-order chi connectivity index (χ1) is 19.7. The molecule has 212 valence electrons. The number of halogens is 2. The molecule has 4 rings (SSSR count). The van der Waals surface area contributed by atoms with Gasteiger partial charge in [-0.25, -0.2) is 17.2 Å². The summed E-state index contributed by atoms with van der Waals surface area (Å²) in [5, 5.41) is 2.59. The predicted molar refractivity (Wildman–Crippen MR) is 149 cm³/mol. The molecular weight excluding hydrogens is 552 g/mol. The first-order valence-electron chi connectivity index (χ1n) is 12.5. The Labute approximate surface area is 236 Å². The van der Waals surface area contributed by atoms with Crippen molar-refractivity contribution in [1.82, 2.24) is 10.2 Å². The minimum Gasteiger partial charge on any atom is -0.484 e. The molecule has 4 aromatic rings. The number of carbonyl (C=O) groups excluding carboxylic acids is 2. The van der Waals surface area contributed by atoms with Crippen LogP contribution in [-0.4, -0.2) is 38.8 Å². The van der Waals surface area contributed by atoms with Gasteiger partial charge in [-0.15, -0.1) is 0 Å². The van der Waals surface area contributed by atoms with E-state index in [4.69, 9.17) is 4.74 Å². The molecule has 0 aromatic heterocycles. The largest absolute Gasteiger partial charge is 0.484 e. The first-order valence-corrected chi connectivity index (χ1v) is 14.0. The van der Waals surface area contributed by atoms with Crippen molar-refractivity contribution in [1.29, 1.82) is 0 Å². The Morgan fingerprint density at radius 2 is 1.41 bits per heavy atom. The van der Waals surface area contributed by atoms with E-state index in [9.17, 15) is 26.8 Å². The quantitative estimate of drug-likeness (QED) is 0.269. The third kappa shape index (κ3) is 7.67. The molecule has 0 heterocycles. The third-order valence-corrected chi connectivity index (χ3v) is 7.50. The minimum atomic E-state index is -3.95. The number of ether oxygens (including phenoxy) is 1. The maximum Gasteiger partial charge on any atom is 0.261 e. The molecule has 8 nitrogen and oxygen atoms in total. The molecule has 11 heteroatoms. The van der Waals surface area contributed by atoms with Crippen LogP contribution in [0.5, 0.6) is 5.75 Å². The summed E-state index contributed by atoms with van der Waals surface area (Å²) >= 11 is 0. The van der Waals surface area contributed by atoms with Gasteiger partial charge in [0, 0.05) is 19.3 Å². The van der Waals surface area contributed by atoms with Crippen molar-refractivity contribution >= 4 is 27.5 Å². The Hall–Kier alpha value is -4.77. The molecule has 0 bridgehead atoms. The van der Waals surface area contributed by atoms with Crippen molar-refractivity contribution in [3.05, 3.63) is 126 Å². The molecule has 41 heavy (non-hydrogen) atoms. The van der Waals surface area contributed by atoms with Crippen LogP contribution in [-0.2, 0) is 26.2 Å². The van der Waals surface area contributed by atoms with Gasteiger partial charge in [-0.2, -0.15) is 0 Å².